The number of hydrogen-bond acceptors (Lipinski definition) is 2. The maximum absolute atomic E-state index is 9.81. The first-order valence-corrected chi connectivity index (χ1v) is 2.45. The molecule has 1 aliphatic rings. The van der Waals surface area contributed by atoms with Crippen LogP contribution in [-0.4, -0.2) is 18.9 Å². The second-order valence-corrected chi connectivity index (χ2v) is 1.98. The van der Waals surface area contributed by atoms with Gasteiger partial charge in [0, 0.05) is 6.54 Å². The molecule has 1 aliphatic heterocycles. The highest BCUT2D eigenvalue weighted by atomic mass is 16.1. The molecule has 1 N–H and O–H groups in total. The van der Waals surface area contributed by atoms with Crippen molar-refractivity contribution in [1.82, 2.24) is 5.32 Å². The average molecular weight is 98.1 g/mol. The van der Waals surface area contributed by atoms with E-state index in [1.165, 1.54) is 0 Å². The Hall–Kier alpha value is -0.370. The topological polar surface area (TPSA) is 29.1 Å². The molecule has 0 aromatic carbocycles. The molecular weight excluding hydrogens is 90.1 g/mol. The third-order valence-electron chi connectivity index (χ3n) is 1.36. The highest BCUT2D eigenvalue weighted by molar-refractivity contribution is 5.60. The van der Waals surface area contributed by atoms with Crippen LogP contribution in [0.25, 0.3) is 0 Å². The van der Waals surface area contributed by atoms with Gasteiger partial charge in [-0.1, -0.05) is 6.92 Å². The van der Waals surface area contributed by atoms with Gasteiger partial charge in [-0.2, -0.15) is 0 Å². The van der Waals surface area contributed by atoms with Crippen molar-refractivity contribution in [3.05, 3.63) is 0 Å². The summed E-state index contributed by atoms with van der Waals surface area (Å²) < 4.78 is 0. The molecule has 0 amide bonds. The van der Waals surface area contributed by atoms with Crippen LogP contribution in [0.5, 0.6) is 0 Å². The monoisotopic (exact) mass is 98.1 g/mol. The van der Waals surface area contributed by atoms with Crippen LogP contribution < -0.4 is 5.32 Å². The number of nitrogens with one attached hydrogen (secondary N) is 1. The highest BCUT2D eigenvalue weighted by Gasteiger charge is 2.25. The lowest BCUT2D eigenvalue weighted by molar-refractivity contribution is 0.311. The van der Waals surface area contributed by atoms with Crippen molar-refractivity contribution >= 4 is 6.29 Å². The Morgan fingerprint density at radius 3 is 2.57 bits per heavy atom. The summed E-state index contributed by atoms with van der Waals surface area (Å²) in [5, 5.41) is 2.92. The molecule has 1 unspecified atom stereocenters. The molecule has 39 valence electrons. The first-order chi connectivity index (χ1) is 3.34. The van der Waals surface area contributed by atoms with Gasteiger partial charge >= 0.3 is 0 Å². The van der Waals surface area contributed by atoms with Crippen molar-refractivity contribution in [3.63, 3.8) is 0 Å². The quantitative estimate of drug-likeness (QED) is 0.488. The molecule has 0 aliphatic carbocycles. The molecule has 0 aromatic rings. The first-order valence-electron chi connectivity index (χ1n) is 2.45. The summed E-state index contributed by atoms with van der Waals surface area (Å²) in [7, 11) is 0. The van der Waals surface area contributed by atoms with E-state index in [1.807, 2.05) is 13.2 Å². The van der Waals surface area contributed by atoms with E-state index in [9.17, 15) is 4.79 Å². The lowest BCUT2D eigenvalue weighted by Crippen LogP contribution is -2.52. The molecule has 1 radical (unpaired) electrons. The van der Waals surface area contributed by atoms with Crippen LogP contribution in [-0.2, 0) is 4.79 Å². The SMILES string of the molecule is CC1CN[C@@H]1[C]=O. The van der Waals surface area contributed by atoms with Crippen LogP contribution in [0.1, 0.15) is 6.92 Å². The van der Waals surface area contributed by atoms with E-state index in [4.69, 9.17) is 0 Å². The maximum Gasteiger partial charge on any atom is 0.217 e. The second-order valence-electron chi connectivity index (χ2n) is 1.98. The van der Waals surface area contributed by atoms with Crippen LogP contribution >= 0.6 is 0 Å². The molecule has 0 aromatic heterocycles. The van der Waals surface area contributed by atoms with Crippen LogP contribution in [0.2, 0.25) is 0 Å². The zero-order valence-electron chi connectivity index (χ0n) is 4.27. The van der Waals surface area contributed by atoms with Crippen molar-refractivity contribution in [1.29, 1.82) is 0 Å². The summed E-state index contributed by atoms with van der Waals surface area (Å²) in [5.41, 5.74) is 0. The van der Waals surface area contributed by atoms with Crippen molar-refractivity contribution in [2.75, 3.05) is 6.54 Å². The van der Waals surface area contributed by atoms with Gasteiger partial charge < -0.3 is 5.32 Å². The molecule has 7 heavy (non-hydrogen) atoms. The van der Waals surface area contributed by atoms with Gasteiger partial charge in [-0.25, -0.2) is 0 Å². The maximum atomic E-state index is 9.81. The van der Waals surface area contributed by atoms with Crippen molar-refractivity contribution in [2.45, 2.75) is 13.0 Å². The Bertz CT molecular complexity index is 82.1. The molecule has 1 rings (SSSR count). The van der Waals surface area contributed by atoms with E-state index in [2.05, 4.69) is 5.32 Å². The second kappa shape index (κ2) is 1.62. The van der Waals surface area contributed by atoms with E-state index in [1.54, 1.807) is 0 Å². The van der Waals surface area contributed by atoms with Gasteiger partial charge in [-0.15, -0.1) is 0 Å². The summed E-state index contributed by atoms with van der Waals surface area (Å²) in [6.45, 7) is 3.01. The molecule has 0 spiro atoms. The number of carbonyl (C=O) groups excluding carboxylic acids is 1. The third kappa shape index (κ3) is 0.657. The first kappa shape index (κ1) is 4.78. The van der Waals surface area contributed by atoms with E-state index in [0.717, 1.165) is 6.54 Å². The molecular formula is C5H8NO. The largest absolute Gasteiger partial charge is 0.306 e. The summed E-state index contributed by atoms with van der Waals surface area (Å²) in [6.07, 6.45) is 1.89. The summed E-state index contributed by atoms with van der Waals surface area (Å²) in [6, 6.07) is 0.0278. The fourth-order valence-electron chi connectivity index (χ4n) is 0.629. The molecule has 0 saturated carbocycles. The molecule has 2 heteroatoms. The minimum Gasteiger partial charge on any atom is -0.306 e. The minimum absolute atomic E-state index is 0.0278. The van der Waals surface area contributed by atoms with Crippen LogP contribution in [0.4, 0.5) is 0 Å². The van der Waals surface area contributed by atoms with Gasteiger partial charge in [0.1, 0.15) is 0 Å². The van der Waals surface area contributed by atoms with Crippen LogP contribution in [0, 0.1) is 5.92 Å². The summed E-state index contributed by atoms with van der Waals surface area (Å²) in [5.74, 6) is 0.512. The van der Waals surface area contributed by atoms with E-state index < -0.39 is 0 Å². The highest BCUT2D eigenvalue weighted by Crippen LogP contribution is 2.07. The Morgan fingerprint density at radius 1 is 1.86 bits per heavy atom. The van der Waals surface area contributed by atoms with E-state index >= 15 is 0 Å². The normalized spacial score (nSPS) is 39.6. The Kier molecular flexibility index (Phi) is 1.11. The zero-order valence-corrected chi connectivity index (χ0v) is 4.27. The van der Waals surface area contributed by atoms with Crippen molar-refractivity contribution in [2.24, 2.45) is 5.92 Å². The van der Waals surface area contributed by atoms with Gasteiger partial charge in [0.05, 0.1) is 6.04 Å². The van der Waals surface area contributed by atoms with Gasteiger partial charge in [-0.3, -0.25) is 4.79 Å². The van der Waals surface area contributed by atoms with Gasteiger partial charge in [0.2, 0.25) is 6.29 Å². The molecule has 2 atom stereocenters. The lowest BCUT2D eigenvalue weighted by Gasteiger charge is -2.29. The Morgan fingerprint density at radius 2 is 2.57 bits per heavy atom. The zero-order chi connectivity index (χ0) is 5.28. The Balaban J connectivity index is 2.28. The van der Waals surface area contributed by atoms with Gasteiger partial charge in [-0.05, 0) is 5.92 Å². The van der Waals surface area contributed by atoms with E-state index in [0.29, 0.717) is 5.92 Å². The fraction of sp³-hybridized carbons (Fsp3) is 0.800. The summed E-state index contributed by atoms with van der Waals surface area (Å²) in [4.78, 5) is 9.81. The Labute approximate surface area is 42.9 Å². The van der Waals surface area contributed by atoms with E-state index in [-0.39, 0.29) is 6.04 Å². The third-order valence-corrected chi connectivity index (χ3v) is 1.36. The number of rotatable bonds is 1. The molecule has 0 bridgehead atoms. The molecule has 1 fully saturated rings. The van der Waals surface area contributed by atoms with Crippen molar-refractivity contribution < 1.29 is 4.79 Å². The predicted octanol–water partition coefficient (Wildman–Crippen LogP) is -0.296. The average Bonchev–Trinajstić information content (AvgIpc) is 1.65. The van der Waals surface area contributed by atoms with Gasteiger partial charge in [0.15, 0.2) is 0 Å². The predicted molar refractivity (Wildman–Crippen MR) is 26.6 cm³/mol. The van der Waals surface area contributed by atoms with Crippen LogP contribution in [0.15, 0.2) is 0 Å². The number of hydrogen-bond donors (Lipinski definition) is 1. The van der Waals surface area contributed by atoms with Crippen LogP contribution in [0.3, 0.4) is 0 Å². The molecule has 1 saturated heterocycles. The molecule has 2 nitrogen and oxygen atoms in total. The lowest BCUT2D eigenvalue weighted by atomic mass is 9.96. The smallest absolute Gasteiger partial charge is 0.217 e. The van der Waals surface area contributed by atoms with Gasteiger partial charge in [0.25, 0.3) is 0 Å². The van der Waals surface area contributed by atoms with Crippen molar-refractivity contribution in [3.8, 4) is 0 Å². The molecule has 1 heterocycles. The summed E-state index contributed by atoms with van der Waals surface area (Å²) >= 11 is 0. The minimum atomic E-state index is 0.0278. The standard InChI is InChI=1S/C5H8NO/c1-4-2-6-5(4)3-7/h4-6H,2H2,1H3/t4?,5-/m1/s1. The fourth-order valence-corrected chi connectivity index (χ4v) is 0.629.